The Morgan fingerprint density at radius 3 is 1.85 bits per heavy atom. The third-order valence-corrected chi connectivity index (χ3v) is 8.43. The lowest BCUT2D eigenvalue weighted by atomic mass is 10.0. The standard InChI is InChI=1S/C41H26N4O/c1-4-13-27(14-5-1)34-26-35(28-15-6-2-7-16-28)43-40(42-34)31-19-12-22-38-39(31)32-25-29(23-24-37(32)46-38)41-44-33-20-10-11-21-36(33)45(41)30-17-8-3-9-18-30/h1-26H. The van der Waals surface area contributed by atoms with E-state index in [1.54, 1.807) is 0 Å². The molecule has 0 aliphatic carbocycles. The first-order valence-electron chi connectivity index (χ1n) is 15.3. The summed E-state index contributed by atoms with van der Waals surface area (Å²) in [5.74, 6) is 1.52. The maximum Gasteiger partial charge on any atom is 0.161 e. The van der Waals surface area contributed by atoms with Gasteiger partial charge in [0.25, 0.3) is 0 Å². The van der Waals surface area contributed by atoms with Crippen molar-refractivity contribution in [3.8, 4) is 51.0 Å². The van der Waals surface area contributed by atoms with Crippen LogP contribution in [0.3, 0.4) is 0 Å². The van der Waals surface area contributed by atoms with Crippen LogP contribution in [0.4, 0.5) is 0 Å². The minimum Gasteiger partial charge on any atom is -0.456 e. The van der Waals surface area contributed by atoms with E-state index >= 15 is 0 Å². The van der Waals surface area contributed by atoms with E-state index in [1.165, 1.54) is 0 Å². The Labute approximate surface area is 265 Å². The number of hydrogen-bond donors (Lipinski definition) is 0. The van der Waals surface area contributed by atoms with Crippen molar-refractivity contribution in [3.05, 3.63) is 158 Å². The summed E-state index contributed by atoms with van der Waals surface area (Å²) in [5, 5.41) is 1.97. The van der Waals surface area contributed by atoms with E-state index in [2.05, 4.69) is 95.6 Å². The lowest BCUT2D eigenvalue weighted by molar-refractivity contribution is 0.669. The van der Waals surface area contributed by atoms with Gasteiger partial charge in [-0.3, -0.25) is 4.57 Å². The van der Waals surface area contributed by atoms with E-state index in [0.717, 1.165) is 78.1 Å². The number of imidazole rings is 1. The summed E-state index contributed by atoms with van der Waals surface area (Å²) < 4.78 is 8.65. The second-order valence-electron chi connectivity index (χ2n) is 11.3. The highest BCUT2D eigenvalue weighted by atomic mass is 16.3. The van der Waals surface area contributed by atoms with Gasteiger partial charge in [-0.2, -0.15) is 0 Å². The van der Waals surface area contributed by atoms with Gasteiger partial charge in [-0.15, -0.1) is 0 Å². The van der Waals surface area contributed by atoms with Crippen LogP contribution in [0.5, 0.6) is 0 Å². The molecule has 46 heavy (non-hydrogen) atoms. The van der Waals surface area contributed by atoms with E-state index in [-0.39, 0.29) is 0 Å². The summed E-state index contributed by atoms with van der Waals surface area (Å²) in [6.45, 7) is 0. The molecular weight excluding hydrogens is 564 g/mol. The van der Waals surface area contributed by atoms with Crippen LogP contribution < -0.4 is 0 Å². The summed E-state index contributed by atoms with van der Waals surface area (Å²) in [5.41, 5.74) is 10.4. The number of rotatable bonds is 5. The summed E-state index contributed by atoms with van der Waals surface area (Å²) in [4.78, 5) is 15.4. The molecule has 5 nitrogen and oxygen atoms in total. The van der Waals surface area contributed by atoms with E-state index in [9.17, 15) is 0 Å². The molecule has 0 radical (unpaired) electrons. The largest absolute Gasteiger partial charge is 0.456 e. The molecule has 0 fully saturated rings. The van der Waals surface area contributed by atoms with Crippen LogP contribution in [0.25, 0.3) is 83.9 Å². The van der Waals surface area contributed by atoms with E-state index in [1.807, 2.05) is 66.7 Å². The Morgan fingerprint density at radius 2 is 1.13 bits per heavy atom. The van der Waals surface area contributed by atoms with Crippen LogP contribution >= 0.6 is 0 Å². The molecule has 0 amide bonds. The van der Waals surface area contributed by atoms with Crippen molar-refractivity contribution in [1.29, 1.82) is 0 Å². The Balaban J connectivity index is 1.28. The van der Waals surface area contributed by atoms with Gasteiger partial charge in [-0.05, 0) is 54.6 Å². The second-order valence-corrected chi connectivity index (χ2v) is 11.3. The number of benzene rings is 6. The Bertz CT molecular complexity index is 2460. The maximum atomic E-state index is 6.43. The molecule has 3 heterocycles. The van der Waals surface area contributed by atoms with Crippen molar-refractivity contribution in [2.45, 2.75) is 0 Å². The molecule has 0 unspecified atom stereocenters. The molecule has 0 bridgehead atoms. The van der Waals surface area contributed by atoms with Gasteiger partial charge in [0, 0.05) is 38.7 Å². The topological polar surface area (TPSA) is 56.7 Å². The van der Waals surface area contributed by atoms with Crippen LogP contribution in [0, 0.1) is 0 Å². The van der Waals surface area contributed by atoms with Gasteiger partial charge in [-0.25, -0.2) is 15.0 Å². The first kappa shape index (κ1) is 26.1. The summed E-state index contributed by atoms with van der Waals surface area (Å²) in [7, 11) is 0. The van der Waals surface area contributed by atoms with Crippen molar-refractivity contribution in [3.63, 3.8) is 0 Å². The fraction of sp³-hybridized carbons (Fsp3) is 0. The van der Waals surface area contributed by atoms with Gasteiger partial charge in [0.05, 0.1) is 22.4 Å². The number of fused-ring (bicyclic) bond motifs is 4. The van der Waals surface area contributed by atoms with Crippen molar-refractivity contribution in [2.24, 2.45) is 0 Å². The lowest BCUT2D eigenvalue weighted by Crippen LogP contribution is -1.97. The Hall–Kier alpha value is -6.33. The fourth-order valence-corrected chi connectivity index (χ4v) is 6.29. The molecule has 9 rings (SSSR count). The van der Waals surface area contributed by atoms with Crippen LogP contribution in [0.2, 0.25) is 0 Å². The molecule has 6 aromatic carbocycles. The third kappa shape index (κ3) is 4.37. The van der Waals surface area contributed by atoms with E-state index < -0.39 is 0 Å². The van der Waals surface area contributed by atoms with Gasteiger partial charge >= 0.3 is 0 Å². The van der Waals surface area contributed by atoms with Crippen molar-refractivity contribution in [1.82, 2.24) is 19.5 Å². The SMILES string of the molecule is c1ccc(-c2cc(-c3ccccc3)nc(-c3cccc4oc5ccc(-c6nc7ccccc7n6-c6ccccc6)cc5c34)n2)cc1. The monoisotopic (exact) mass is 590 g/mol. The molecule has 5 heteroatoms. The Kier molecular flexibility index (Phi) is 6.06. The van der Waals surface area contributed by atoms with Crippen molar-refractivity contribution in [2.75, 3.05) is 0 Å². The normalized spacial score (nSPS) is 11.5. The van der Waals surface area contributed by atoms with Gasteiger partial charge in [-0.1, -0.05) is 103 Å². The zero-order valence-corrected chi connectivity index (χ0v) is 24.7. The first-order valence-corrected chi connectivity index (χ1v) is 15.3. The molecule has 9 aromatic rings. The van der Waals surface area contributed by atoms with Gasteiger partial charge in [0.1, 0.15) is 17.0 Å². The van der Waals surface area contributed by atoms with Gasteiger partial charge < -0.3 is 4.42 Å². The predicted molar refractivity (Wildman–Crippen MR) is 186 cm³/mol. The van der Waals surface area contributed by atoms with Crippen LogP contribution in [0.1, 0.15) is 0 Å². The number of nitrogens with zero attached hydrogens (tertiary/aromatic N) is 4. The molecule has 3 aromatic heterocycles. The highest BCUT2D eigenvalue weighted by molar-refractivity contribution is 6.12. The molecule has 216 valence electrons. The van der Waals surface area contributed by atoms with Crippen molar-refractivity contribution >= 4 is 33.0 Å². The van der Waals surface area contributed by atoms with Crippen molar-refractivity contribution < 1.29 is 4.42 Å². The van der Waals surface area contributed by atoms with Crippen LogP contribution in [-0.2, 0) is 0 Å². The van der Waals surface area contributed by atoms with Crippen LogP contribution in [0.15, 0.2) is 162 Å². The number of furan rings is 1. The summed E-state index contributed by atoms with van der Waals surface area (Å²) in [6, 6.07) is 53.6. The minimum atomic E-state index is 0.649. The zero-order valence-electron chi connectivity index (χ0n) is 24.7. The van der Waals surface area contributed by atoms with Gasteiger partial charge in [0.15, 0.2) is 5.82 Å². The first-order chi connectivity index (χ1) is 22.8. The summed E-state index contributed by atoms with van der Waals surface area (Å²) >= 11 is 0. The minimum absolute atomic E-state index is 0.649. The fourth-order valence-electron chi connectivity index (χ4n) is 6.29. The smallest absolute Gasteiger partial charge is 0.161 e. The number of aromatic nitrogens is 4. The summed E-state index contributed by atoms with van der Waals surface area (Å²) in [6.07, 6.45) is 0. The van der Waals surface area contributed by atoms with Gasteiger partial charge in [0.2, 0.25) is 0 Å². The molecule has 0 aliphatic rings. The predicted octanol–water partition coefficient (Wildman–Crippen LogP) is 10.4. The Morgan fingerprint density at radius 1 is 0.478 bits per heavy atom. The highest BCUT2D eigenvalue weighted by Gasteiger charge is 2.20. The molecule has 0 atom stereocenters. The van der Waals surface area contributed by atoms with E-state index in [0.29, 0.717) is 5.82 Å². The average molecular weight is 591 g/mol. The average Bonchev–Trinajstić information content (AvgIpc) is 3.71. The lowest BCUT2D eigenvalue weighted by Gasteiger charge is -2.11. The molecule has 0 aliphatic heterocycles. The quantitative estimate of drug-likeness (QED) is 0.200. The molecule has 0 spiro atoms. The molecule has 0 saturated heterocycles. The highest BCUT2D eigenvalue weighted by Crippen LogP contribution is 2.39. The number of hydrogen-bond acceptors (Lipinski definition) is 4. The second kappa shape index (κ2) is 10.7. The molecular formula is C41H26N4O. The molecule has 0 saturated carbocycles. The zero-order chi connectivity index (χ0) is 30.5. The molecule has 0 N–H and O–H groups in total. The maximum absolute atomic E-state index is 6.43. The number of para-hydroxylation sites is 3. The van der Waals surface area contributed by atoms with E-state index in [4.69, 9.17) is 19.4 Å². The third-order valence-electron chi connectivity index (χ3n) is 8.43. The van der Waals surface area contributed by atoms with Crippen LogP contribution in [-0.4, -0.2) is 19.5 Å².